The first-order chi connectivity index (χ1) is 15.0. The fourth-order valence-electron chi connectivity index (χ4n) is 3.51. The Morgan fingerprint density at radius 2 is 1.87 bits per heavy atom. The fraction of sp³-hybridized carbons (Fsp3) is 0.318. The Kier molecular flexibility index (Phi) is 6.22. The standard InChI is InChI=1S/C22H22N2O6S/c1-13-6-7-14-17(12-13)31-21(24-19(25)15-4-2-9-28-15)18(14)20(26)23-8-11-30-22(27)16-5-3-10-29-16/h2-5,9-10,13H,6-8,11-12H2,1H3,(H,23,26)(H,24,25). The number of carbonyl (C=O) groups is 3. The highest BCUT2D eigenvalue weighted by Crippen LogP contribution is 2.39. The van der Waals surface area contributed by atoms with E-state index < -0.39 is 11.9 Å². The van der Waals surface area contributed by atoms with E-state index in [-0.39, 0.29) is 30.6 Å². The van der Waals surface area contributed by atoms with Crippen LogP contribution in [0.5, 0.6) is 0 Å². The van der Waals surface area contributed by atoms with Gasteiger partial charge in [-0.1, -0.05) is 6.92 Å². The quantitative estimate of drug-likeness (QED) is 0.424. The predicted octanol–water partition coefficient (Wildman–Crippen LogP) is 3.90. The van der Waals surface area contributed by atoms with E-state index in [1.165, 1.54) is 29.9 Å². The summed E-state index contributed by atoms with van der Waals surface area (Å²) in [6.45, 7) is 2.32. The SMILES string of the molecule is CC1CCc2c(sc(NC(=O)c3ccco3)c2C(=O)NCCOC(=O)c2ccco2)C1. The Hall–Kier alpha value is -3.33. The third-order valence-electron chi connectivity index (χ3n) is 5.05. The number of amides is 2. The van der Waals surface area contributed by atoms with E-state index in [1.807, 2.05) is 0 Å². The summed E-state index contributed by atoms with van der Waals surface area (Å²) in [6.07, 6.45) is 5.44. The number of hydrogen-bond donors (Lipinski definition) is 2. The number of thiophene rings is 1. The topological polar surface area (TPSA) is 111 Å². The monoisotopic (exact) mass is 442 g/mol. The summed E-state index contributed by atoms with van der Waals surface area (Å²) in [5, 5.41) is 6.11. The second kappa shape index (κ2) is 9.22. The molecule has 162 valence electrons. The molecule has 0 radical (unpaired) electrons. The minimum absolute atomic E-state index is 0.00270. The smallest absolute Gasteiger partial charge is 0.374 e. The van der Waals surface area contributed by atoms with Gasteiger partial charge in [-0.25, -0.2) is 4.79 Å². The highest BCUT2D eigenvalue weighted by atomic mass is 32.1. The number of carbonyl (C=O) groups excluding carboxylic acids is 3. The molecule has 31 heavy (non-hydrogen) atoms. The van der Waals surface area contributed by atoms with Crippen LogP contribution in [-0.4, -0.2) is 30.9 Å². The molecule has 3 aromatic heterocycles. The van der Waals surface area contributed by atoms with Crippen LogP contribution in [0.4, 0.5) is 5.00 Å². The van der Waals surface area contributed by atoms with E-state index in [0.717, 1.165) is 29.7 Å². The van der Waals surface area contributed by atoms with Crippen LogP contribution in [0.1, 0.15) is 55.3 Å². The maximum absolute atomic E-state index is 13.0. The lowest BCUT2D eigenvalue weighted by Crippen LogP contribution is -2.29. The van der Waals surface area contributed by atoms with Crippen molar-refractivity contribution >= 4 is 34.1 Å². The van der Waals surface area contributed by atoms with Gasteiger partial charge in [-0.05, 0) is 55.0 Å². The summed E-state index contributed by atoms with van der Waals surface area (Å²) in [5.41, 5.74) is 1.45. The molecule has 8 nitrogen and oxygen atoms in total. The summed E-state index contributed by atoms with van der Waals surface area (Å²) in [6, 6.07) is 6.30. The molecule has 1 aliphatic rings. The lowest BCUT2D eigenvalue weighted by atomic mass is 9.88. The van der Waals surface area contributed by atoms with Gasteiger partial charge in [0, 0.05) is 4.88 Å². The highest BCUT2D eigenvalue weighted by molar-refractivity contribution is 7.17. The van der Waals surface area contributed by atoms with Gasteiger partial charge >= 0.3 is 5.97 Å². The maximum Gasteiger partial charge on any atom is 0.374 e. The molecule has 1 aliphatic carbocycles. The molecule has 0 spiro atoms. The number of esters is 1. The van der Waals surface area contributed by atoms with E-state index in [9.17, 15) is 14.4 Å². The van der Waals surface area contributed by atoms with Crippen LogP contribution in [0.3, 0.4) is 0 Å². The van der Waals surface area contributed by atoms with Gasteiger partial charge in [0.15, 0.2) is 5.76 Å². The van der Waals surface area contributed by atoms with E-state index in [4.69, 9.17) is 13.6 Å². The van der Waals surface area contributed by atoms with E-state index >= 15 is 0 Å². The minimum atomic E-state index is -0.590. The molecule has 0 saturated heterocycles. The number of hydrogen-bond acceptors (Lipinski definition) is 7. The lowest BCUT2D eigenvalue weighted by molar-refractivity contribution is 0.0467. The van der Waals surface area contributed by atoms with Crippen molar-refractivity contribution in [3.63, 3.8) is 0 Å². The van der Waals surface area contributed by atoms with Crippen LogP contribution in [0.25, 0.3) is 0 Å². The van der Waals surface area contributed by atoms with Crippen LogP contribution in [0.2, 0.25) is 0 Å². The number of ether oxygens (including phenoxy) is 1. The van der Waals surface area contributed by atoms with Crippen molar-refractivity contribution in [1.29, 1.82) is 0 Å². The predicted molar refractivity (Wildman–Crippen MR) is 113 cm³/mol. The lowest BCUT2D eigenvalue weighted by Gasteiger charge is -2.18. The Labute approximate surface area is 182 Å². The van der Waals surface area contributed by atoms with E-state index in [0.29, 0.717) is 16.5 Å². The molecule has 1 atom stereocenters. The van der Waals surface area contributed by atoms with Crippen molar-refractivity contribution < 1.29 is 28.0 Å². The number of furan rings is 2. The first kappa shape index (κ1) is 20.9. The summed E-state index contributed by atoms with van der Waals surface area (Å²) in [5.74, 6) is -0.496. The molecule has 9 heteroatoms. The first-order valence-electron chi connectivity index (χ1n) is 10.0. The normalized spacial score (nSPS) is 15.2. The molecule has 0 fully saturated rings. The molecule has 0 bridgehead atoms. The summed E-state index contributed by atoms with van der Waals surface area (Å²) in [7, 11) is 0. The van der Waals surface area contributed by atoms with E-state index in [2.05, 4.69) is 17.6 Å². The minimum Gasteiger partial charge on any atom is -0.459 e. The van der Waals surface area contributed by atoms with Gasteiger partial charge in [0.1, 0.15) is 11.6 Å². The maximum atomic E-state index is 13.0. The molecule has 0 aliphatic heterocycles. The van der Waals surface area contributed by atoms with Crippen LogP contribution in [0, 0.1) is 5.92 Å². The highest BCUT2D eigenvalue weighted by Gasteiger charge is 2.28. The van der Waals surface area contributed by atoms with Crippen LogP contribution < -0.4 is 10.6 Å². The Morgan fingerprint density at radius 1 is 1.13 bits per heavy atom. The van der Waals surface area contributed by atoms with Gasteiger partial charge in [0.05, 0.1) is 24.6 Å². The summed E-state index contributed by atoms with van der Waals surface area (Å²) >= 11 is 1.43. The molecule has 2 amide bonds. The zero-order valence-corrected chi connectivity index (χ0v) is 17.8. The third-order valence-corrected chi connectivity index (χ3v) is 6.22. The van der Waals surface area contributed by atoms with Gasteiger partial charge in [-0.15, -0.1) is 11.3 Å². The zero-order chi connectivity index (χ0) is 21.8. The fourth-order valence-corrected chi connectivity index (χ4v) is 4.92. The molecule has 2 N–H and O–H groups in total. The molecular formula is C22H22N2O6S. The van der Waals surface area contributed by atoms with Gasteiger partial charge in [0.25, 0.3) is 11.8 Å². The largest absolute Gasteiger partial charge is 0.459 e. The Balaban J connectivity index is 1.44. The van der Waals surface area contributed by atoms with Crippen LogP contribution in [-0.2, 0) is 17.6 Å². The van der Waals surface area contributed by atoms with Crippen LogP contribution >= 0.6 is 11.3 Å². The molecule has 1 unspecified atom stereocenters. The summed E-state index contributed by atoms with van der Waals surface area (Å²) < 4.78 is 15.2. The second-order valence-electron chi connectivity index (χ2n) is 7.36. The average Bonchev–Trinajstić information content (AvgIpc) is 3.51. The second-order valence-corrected chi connectivity index (χ2v) is 8.46. The molecule has 0 aromatic carbocycles. The van der Waals surface area contributed by atoms with Crippen molar-refractivity contribution in [3.8, 4) is 0 Å². The van der Waals surface area contributed by atoms with Gasteiger partial charge < -0.3 is 24.2 Å². The molecule has 4 rings (SSSR count). The van der Waals surface area contributed by atoms with Crippen molar-refractivity contribution in [2.24, 2.45) is 5.92 Å². The van der Waals surface area contributed by atoms with Gasteiger partial charge in [-0.3, -0.25) is 9.59 Å². The number of fused-ring (bicyclic) bond motifs is 1. The third kappa shape index (κ3) is 4.72. The van der Waals surface area contributed by atoms with E-state index in [1.54, 1.807) is 18.2 Å². The average molecular weight is 442 g/mol. The summed E-state index contributed by atoms with van der Waals surface area (Å²) in [4.78, 5) is 38.4. The molecule has 3 aromatic rings. The number of anilines is 1. The Bertz CT molecular complexity index is 1070. The molecular weight excluding hydrogens is 420 g/mol. The molecule has 3 heterocycles. The van der Waals surface area contributed by atoms with Crippen molar-refractivity contribution in [1.82, 2.24) is 5.32 Å². The zero-order valence-electron chi connectivity index (χ0n) is 16.9. The molecule has 0 saturated carbocycles. The van der Waals surface area contributed by atoms with Crippen molar-refractivity contribution in [2.75, 3.05) is 18.5 Å². The van der Waals surface area contributed by atoms with Crippen molar-refractivity contribution in [2.45, 2.75) is 26.2 Å². The first-order valence-corrected chi connectivity index (χ1v) is 10.8. The van der Waals surface area contributed by atoms with Crippen molar-refractivity contribution in [3.05, 3.63) is 64.3 Å². The number of nitrogens with one attached hydrogen (secondary N) is 2. The van der Waals surface area contributed by atoms with Gasteiger partial charge in [-0.2, -0.15) is 0 Å². The number of rotatable bonds is 7. The van der Waals surface area contributed by atoms with Crippen LogP contribution in [0.15, 0.2) is 45.6 Å². The van der Waals surface area contributed by atoms with Gasteiger partial charge in [0.2, 0.25) is 5.76 Å². The Morgan fingerprint density at radius 3 is 2.58 bits per heavy atom.